The molecule has 108 valence electrons. The smallest absolute Gasteiger partial charge is 0.125 e. The predicted molar refractivity (Wildman–Crippen MR) is 77.7 cm³/mol. The summed E-state index contributed by atoms with van der Waals surface area (Å²) in [5.74, 6) is 6.91. The van der Waals surface area contributed by atoms with Crippen molar-refractivity contribution in [1.29, 1.82) is 0 Å². The minimum Gasteiger partial charge on any atom is -0.378 e. The molecule has 2 fully saturated rings. The molecular formula is C17H28O2. The Morgan fingerprint density at radius 1 is 1.11 bits per heavy atom. The molecule has 1 saturated carbocycles. The zero-order chi connectivity index (χ0) is 13.9. The van der Waals surface area contributed by atoms with Crippen LogP contribution in [0.15, 0.2) is 0 Å². The zero-order valence-corrected chi connectivity index (χ0v) is 12.7. The van der Waals surface area contributed by atoms with Crippen LogP contribution in [-0.4, -0.2) is 23.4 Å². The Bertz CT molecular complexity index is 342. The number of aliphatic hydroxyl groups is 1. The first-order chi connectivity index (χ1) is 8.89. The molecule has 0 aromatic heterocycles. The number of rotatable bonds is 0. The number of hydrogen-bond donors (Lipinski definition) is 1. The SMILES string of the molecule is CC(C)(C)[C@@H]1CC[C@@H](C#CC2(O)CCCCC2)OC1. The van der Waals surface area contributed by atoms with Gasteiger partial charge in [-0.15, -0.1) is 0 Å². The maximum absolute atomic E-state index is 10.4. The summed E-state index contributed by atoms with van der Waals surface area (Å²) in [4.78, 5) is 0. The number of ether oxygens (including phenoxy) is 1. The lowest BCUT2D eigenvalue weighted by Gasteiger charge is -2.35. The van der Waals surface area contributed by atoms with Crippen molar-refractivity contribution in [2.24, 2.45) is 11.3 Å². The van der Waals surface area contributed by atoms with E-state index in [0.717, 1.165) is 38.7 Å². The van der Waals surface area contributed by atoms with Crippen molar-refractivity contribution in [3.8, 4) is 11.8 Å². The second-order valence-corrected chi connectivity index (χ2v) is 7.32. The Hall–Kier alpha value is -0.520. The first-order valence-electron chi connectivity index (χ1n) is 7.76. The van der Waals surface area contributed by atoms with E-state index in [-0.39, 0.29) is 6.10 Å². The van der Waals surface area contributed by atoms with Gasteiger partial charge in [0, 0.05) is 0 Å². The minimum absolute atomic E-state index is 0.0320. The molecular weight excluding hydrogens is 236 g/mol. The Morgan fingerprint density at radius 2 is 1.79 bits per heavy atom. The molecule has 1 N–H and O–H groups in total. The van der Waals surface area contributed by atoms with Crippen molar-refractivity contribution in [3.05, 3.63) is 0 Å². The van der Waals surface area contributed by atoms with Crippen LogP contribution in [0.3, 0.4) is 0 Å². The molecule has 0 amide bonds. The molecule has 1 aliphatic carbocycles. The summed E-state index contributed by atoms with van der Waals surface area (Å²) in [5, 5.41) is 10.4. The van der Waals surface area contributed by atoms with Gasteiger partial charge in [-0.1, -0.05) is 39.0 Å². The van der Waals surface area contributed by atoms with Crippen molar-refractivity contribution >= 4 is 0 Å². The average Bonchev–Trinajstić information content (AvgIpc) is 2.37. The molecule has 0 bridgehead atoms. The standard InChI is InChI=1S/C17H28O2/c1-16(2,3)14-7-8-15(19-13-14)9-12-17(18)10-5-4-6-11-17/h14-15,18H,4-8,10-11,13H2,1-3H3/t14-,15+/m1/s1. The van der Waals surface area contributed by atoms with E-state index in [9.17, 15) is 5.11 Å². The van der Waals surface area contributed by atoms with Crippen molar-refractivity contribution < 1.29 is 9.84 Å². The van der Waals surface area contributed by atoms with E-state index in [0.29, 0.717) is 11.3 Å². The highest BCUT2D eigenvalue weighted by atomic mass is 16.5. The Labute approximate surface area is 117 Å². The van der Waals surface area contributed by atoms with Gasteiger partial charge in [-0.25, -0.2) is 0 Å². The van der Waals surface area contributed by atoms with Crippen LogP contribution in [0.25, 0.3) is 0 Å². The summed E-state index contributed by atoms with van der Waals surface area (Å²) in [6.45, 7) is 7.63. The largest absolute Gasteiger partial charge is 0.378 e. The van der Waals surface area contributed by atoms with Crippen molar-refractivity contribution in [1.82, 2.24) is 0 Å². The lowest BCUT2D eigenvalue weighted by atomic mass is 9.77. The highest BCUT2D eigenvalue weighted by Crippen LogP contribution is 2.34. The van der Waals surface area contributed by atoms with Gasteiger partial charge in [-0.3, -0.25) is 0 Å². The molecule has 1 heterocycles. The van der Waals surface area contributed by atoms with E-state index < -0.39 is 5.60 Å². The van der Waals surface area contributed by atoms with Crippen LogP contribution in [0.4, 0.5) is 0 Å². The summed E-state index contributed by atoms with van der Waals surface area (Å²) in [5.41, 5.74) is -0.414. The Morgan fingerprint density at radius 3 is 2.32 bits per heavy atom. The summed E-state index contributed by atoms with van der Waals surface area (Å²) in [7, 11) is 0. The fourth-order valence-electron chi connectivity index (χ4n) is 3.02. The molecule has 2 heteroatoms. The molecule has 1 saturated heterocycles. The zero-order valence-electron chi connectivity index (χ0n) is 12.7. The Balaban J connectivity index is 1.86. The van der Waals surface area contributed by atoms with Gasteiger partial charge in [0.25, 0.3) is 0 Å². The summed E-state index contributed by atoms with van der Waals surface area (Å²) < 4.78 is 5.87. The van der Waals surface area contributed by atoms with Gasteiger partial charge in [-0.05, 0) is 49.9 Å². The molecule has 19 heavy (non-hydrogen) atoms. The lowest BCUT2D eigenvalue weighted by Crippen LogP contribution is -2.34. The highest BCUT2D eigenvalue weighted by Gasteiger charge is 2.31. The number of hydrogen-bond acceptors (Lipinski definition) is 2. The molecule has 2 atom stereocenters. The molecule has 0 unspecified atom stereocenters. The van der Waals surface area contributed by atoms with Crippen LogP contribution < -0.4 is 0 Å². The van der Waals surface area contributed by atoms with Gasteiger partial charge >= 0.3 is 0 Å². The fourth-order valence-corrected chi connectivity index (χ4v) is 3.02. The molecule has 0 radical (unpaired) electrons. The van der Waals surface area contributed by atoms with Gasteiger partial charge in [-0.2, -0.15) is 0 Å². The van der Waals surface area contributed by atoms with Crippen molar-refractivity contribution in [2.75, 3.05) is 6.61 Å². The molecule has 0 spiro atoms. The molecule has 1 aliphatic heterocycles. The molecule has 2 rings (SSSR count). The van der Waals surface area contributed by atoms with Gasteiger partial charge in [0.15, 0.2) is 0 Å². The van der Waals surface area contributed by atoms with Crippen LogP contribution in [0.2, 0.25) is 0 Å². The maximum atomic E-state index is 10.4. The monoisotopic (exact) mass is 264 g/mol. The maximum Gasteiger partial charge on any atom is 0.125 e. The van der Waals surface area contributed by atoms with E-state index in [1.54, 1.807) is 0 Å². The minimum atomic E-state index is -0.734. The molecule has 0 aromatic carbocycles. The fraction of sp³-hybridized carbons (Fsp3) is 0.882. The third kappa shape index (κ3) is 4.23. The normalized spacial score (nSPS) is 31.4. The predicted octanol–water partition coefficient (Wildman–Crippen LogP) is 3.53. The van der Waals surface area contributed by atoms with Crippen molar-refractivity contribution in [2.45, 2.75) is 77.4 Å². The average molecular weight is 264 g/mol. The second kappa shape index (κ2) is 5.85. The van der Waals surface area contributed by atoms with Crippen LogP contribution in [0.1, 0.15) is 65.7 Å². The van der Waals surface area contributed by atoms with Crippen LogP contribution >= 0.6 is 0 Å². The van der Waals surface area contributed by atoms with E-state index in [2.05, 4.69) is 32.6 Å². The first kappa shape index (κ1) is 14.9. The molecule has 0 aromatic rings. The topological polar surface area (TPSA) is 29.5 Å². The van der Waals surface area contributed by atoms with Crippen LogP contribution in [-0.2, 0) is 4.74 Å². The van der Waals surface area contributed by atoms with E-state index >= 15 is 0 Å². The van der Waals surface area contributed by atoms with Gasteiger partial charge < -0.3 is 9.84 Å². The van der Waals surface area contributed by atoms with Crippen molar-refractivity contribution in [3.63, 3.8) is 0 Å². The lowest BCUT2D eigenvalue weighted by molar-refractivity contribution is -0.0207. The second-order valence-electron chi connectivity index (χ2n) is 7.32. The third-order valence-electron chi connectivity index (χ3n) is 4.65. The van der Waals surface area contributed by atoms with Crippen LogP contribution in [0.5, 0.6) is 0 Å². The van der Waals surface area contributed by atoms with E-state index in [1.807, 2.05) is 0 Å². The molecule has 2 aliphatic rings. The van der Waals surface area contributed by atoms with Gasteiger partial charge in [0.1, 0.15) is 11.7 Å². The van der Waals surface area contributed by atoms with Gasteiger partial charge in [0.05, 0.1) is 6.61 Å². The Kier molecular flexibility index (Phi) is 4.58. The van der Waals surface area contributed by atoms with Crippen LogP contribution in [0, 0.1) is 23.2 Å². The third-order valence-corrected chi connectivity index (χ3v) is 4.65. The summed E-state index contributed by atoms with van der Waals surface area (Å²) >= 11 is 0. The summed E-state index contributed by atoms with van der Waals surface area (Å²) in [6, 6.07) is 0. The first-order valence-corrected chi connectivity index (χ1v) is 7.76. The van der Waals surface area contributed by atoms with E-state index in [4.69, 9.17) is 4.74 Å². The molecule has 2 nitrogen and oxygen atoms in total. The van der Waals surface area contributed by atoms with Gasteiger partial charge in [0.2, 0.25) is 0 Å². The highest BCUT2D eigenvalue weighted by molar-refractivity contribution is 5.17. The van der Waals surface area contributed by atoms with E-state index in [1.165, 1.54) is 12.8 Å². The quantitative estimate of drug-likeness (QED) is 0.678. The summed E-state index contributed by atoms with van der Waals surface area (Å²) in [6.07, 6.45) is 7.31.